The average Bonchev–Trinajstić information content (AvgIpc) is 3.83. The molecule has 5 aliphatic heterocycles. The number of hydrogen-bond donors (Lipinski definition) is 8. The Bertz CT molecular complexity index is 1150. The molecule has 9 rings (SSSR count). The number of fused-ring (bicyclic) bond motifs is 20. The fraction of sp³-hybridized carbons (Fsp3) is 1.00. The molecule has 0 aromatic rings. The van der Waals surface area contributed by atoms with Crippen LogP contribution in [-0.4, -0.2) is 49.3 Å². The first kappa shape index (κ1) is 34.4. The first-order valence-electron chi connectivity index (χ1n) is 21.8. The van der Waals surface area contributed by atoms with Crippen LogP contribution in [0.25, 0.3) is 0 Å². The van der Waals surface area contributed by atoms with E-state index < -0.39 is 0 Å². The molecule has 19 unspecified atom stereocenters. The summed E-state index contributed by atoms with van der Waals surface area (Å²) < 4.78 is 0. The van der Waals surface area contributed by atoms with Gasteiger partial charge in [-0.3, -0.25) is 42.5 Å². The first-order valence-corrected chi connectivity index (χ1v) is 21.8. The topological polar surface area (TPSA) is 96.2 Å². The molecule has 9 fully saturated rings. The van der Waals surface area contributed by atoms with E-state index in [0.29, 0.717) is 96.7 Å². The number of nitrogens with one attached hydrogen (secondary N) is 8. The quantitative estimate of drug-likeness (QED) is 0.205. The minimum atomic E-state index is 0.332. The van der Waals surface area contributed by atoms with E-state index in [2.05, 4.69) is 84.1 Å². The lowest BCUT2D eigenvalue weighted by Gasteiger charge is -2.52. The maximum atomic E-state index is 4.46. The van der Waals surface area contributed by atoms with Crippen molar-refractivity contribution in [2.45, 2.75) is 174 Å². The Kier molecular flexibility index (Phi) is 9.72. The molecule has 0 aromatic carbocycles. The van der Waals surface area contributed by atoms with Crippen molar-refractivity contribution in [1.29, 1.82) is 0 Å². The summed E-state index contributed by atoms with van der Waals surface area (Å²) in [4.78, 5) is 0. The summed E-state index contributed by atoms with van der Waals surface area (Å²) in [6.45, 7) is 15.2. The van der Waals surface area contributed by atoms with Crippen molar-refractivity contribution in [3.05, 3.63) is 0 Å². The molecule has 8 nitrogen and oxygen atoms in total. The van der Waals surface area contributed by atoms with Gasteiger partial charge in [-0.05, 0) is 128 Å². The zero-order valence-corrected chi connectivity index (χ0v) is 31.9. The average molecular weight is 679 g/mol. The fourth-order valence-corrected chi connectivity index (χ4v) is 14.6. The number of rotatable bonds is 3. The molecule has 8 bridgehead atoms. The summed E-state index contributed by atoms with van der Waals surface area (Å²) >= 11 is 0. The van der Waals surface area contributed by atoms with E-state index in [-0.39, 0.29) is 0 Å². The van der Waals surface area contributed by atoms with Gasteiger partial charge in [0.2, 0.25) is 0 Å². The third-order valence-corrected chi connectivity index (χ3v) is 16.7. The molecule has 278 valence electrons. The van der Waals surface area contributed by atoms with Gasteiger partial charge in [-0.15, -0.1) is 0 Å². The largest absolute Gasteiger partial charge is 0.286 e. The van der Waals surface area contributed by atoms with E-state index in [1.165, 1.54) is 83.5 Å². The molecule has 0 radical (unpaired) electrons. The van der Waals surface area contributed by atoms with Crippen molar-refractivity contribution >= 4 is 0 Å². The summed E-state index contributed by atoms with van der Waals surface area (Å²) in [5.41, 5.74) is 0. The van der Waals surface area contributed by atoms with Gasteiger partial charge < -0.3 is 0 Å². The molecular weight excluding hydrogens is 605 g/mol. The SMILES string of the molecule is CC(C)C1CC(C(C)C)C2C3NC4NC(NC5NC(NC6NC(NC(N3)C2C1C(C)C)C1CCCCC61)C1CCCCC51)C1CCCCC41. The van der Waals surface area contributed by atoms with Gasteiger partial charge in [0.15, 0.2) is 0 Å². The molecule has 0 amide bonds. The second-order valence-electron chi connectivity index (χ2n) is 20.0. The van der Waals surface area contributed by atoms with E-state index in [0.717, 1.165) is 35.5 Å². The van der Waals surface area contributed by atoms with Crippen molar-refractivity contribution < 1.29 is 0 Å². The van der Waals surface area contributed by atoms with E-state index in [4.69, 9.17) is 0 Å². The summed E-state index contributed by atoms with van der Waals surface area (Å²) in [5.74, 6) is 9.92. The zero-order valence-electron chi connectivity index (χ0n) is 31.9. The molecule has 0 spiro atoms. The highest BCUT2D eigenvalue weighted by Crippen LogP contribution is 2.55. The highest BCUT2D eigenvalue weighted by atomic mass is 15.4. The monoisotopic (exact) mass is 679 g/mol. The van der Waals surface area contributed by atoms with Crippen molar-refractivity contribution in [3.8, 4) is 0 Å². The van der Waals surface area contributed by atoms with Crippen LogP contribution in [0.15, 0.2) is 0 Å². The van der Waals surface area contributed by atoms with Crippen LogP contribution in [0.1, 0.15) is 125 Å². The Morgan fingerprint density at radius 3 is 0.918 bits per heavy atom. The van der Waals surface area contributed by atoms with Gasteiger partial charge in [0.1, 0.15) is 0 Å². The van der Waals surface area contributed by atoms with E-state index >= 15 is 0 Å². The molecular formula is C41H74N8. The van der Waals surface area contributed by atoms with Gasteiger partial charge in [0.05, 0.1) is 49.3 Å². The Labute approximate surface area is 299 Å². The maximum Gasteiger partial charge on any atom is 0.0631 e. The standard InChI is InChI=1S/C41H74N8/c1-20(2)29-19-30(21(3)4)32-33(31(29)22(5)6)41-48-39-28-18-12-10-16-26(28)37(46-39)44-35-24-14-8-7-13-23(24)34(42-35)43-36-25-15-9-11-17-27(25)38(45-36)47-40(32)49-41/h20-49H,7-19H2,1-6H3. The van der Waals surface area contributed by atoms with Crippen LogP contribution in [0, 0.1) is 82.9 Å². The van der Waals surface area contributed by atoms with Crippen molar-refractivity contribution in [2.75, 3.05) is 0 Å². The molecule has 8 N–H and O–H groups in total. The second kappa shape index (κ2) is 13.8. The van der Waals surface area contributed by atoms with Crippen LogP contribution in [-0.2, 0) is 0 Å². The highest BCUT2D eigenvalue weighted by Gasteiger charge is 2.59. The Hall–Kier alpha value is -0.320. The molecule has 8 heteroatoms. The lowest BCUT2D eigenvalue weighted by molar-refractivity contribution is -0.0305. The minimum Gasteiger partial charge on any atom is -0.286 e. The summed E-state index contributed by atoms with van der Waals surface area (Å²) in [7, 11) is 0. The van der Waals surface area contributed by atoms with Crippen LogP contribution in [0.3, 0.4) is 0 Å². The second-order valence-corrected chi connectivity index (χ2v) is 20.0. The van der Waals surface area contributed by atoms with E-state index in [1.54, 1.807) is 0 Å². The molecule has 4 saturated carbocycles. The molecule has 5 heterocycles. The predicted octanol–water partition coefficient (Wildman–Crippen LogP) is 5.25. The van der Waals surface area contributed by atoms with E-state index in [9.17, 15) is 0 Å². The number of hydrogen-bond acceptors (Lipinski definition) is 8. The van der Waals surface area contributed by atoms with Gasteiger partial charge >= 0.3 is 0 Å². The fourth-order valence-electron chi connectivity index (χ4n) is 14.6. The third-order valence-electron chi connectivity index (χ3n) is 16.7. The molecule has 5 saturated heterocycles. The summed E-state index contributed by atoms with van der Waals surface area (Å²) in [6.07, 6.45) is 20.9. The summed E-state index contributed by atoms with van der Waals surface area (Å²) in [5, 5.41) is 34.8. The van der Waals surface area contributed by atoms with Gasteiger partial charge in [-0.1, -0.05) is 80.1 Å². The Morgan fingerprint density at radius 2 is 0.612 bits per heavy atom. The van der Waals surface area contributed by atoms with Crippen LogP contribution in [0.5, 0.6) is 0 Å². The normalized spacial score (nSPS) is 54.2. The third kappa shape index (κ3) is 6.01. The van der Waals surface area contributed by atoms with Crippen molar-refractivity contribution in [2.24, 2.45) is 82.9 Å². The lowest BCUT2D eigenvalue weighted by atomic mass is 9.54. The van der Waals surface area contributed by atoms with Crippen LogP contribution < -0.4 is 42.5 Å². The predicted molar refractivity (Wildman–Crippen MR) is 198 cm³/mol. The van der Waals surface area contributed by atoms with Gasteiger partial charge in [0.25, 0.3) is 0 Å². The van der Waals surface area contributed by atoms with Gasteiger partial charge in [0, 0.05) is 0 Å². The molecule has 19 atom stereocenters. The van der Waals surface area contributed by atoms with Crippen LogP contribution in [0.4, 0.5) is 0 Å². The molecule has 4 aliphatic carbocycles. The molecule has 9 aliphatic rings. The highest BCUT2D eigenvalue weighted by molar-refractivity contribution is 5.11. The van der Waals surface area contributed by atoms with Crippen molar-refractivity contribution in [3.63, 3.8) is 0 Å². The Balaban J connectivity index is 1.10. The van der Waals surface area contributed by atoms with E-state index in [1.807, 2.05) is 0 Å². The molecule has 49 heavy (non-hydrogen) atoms. The van der Waals surface area contributed by atoms with Crippen LogP contribution >= 0.6 is 0 Å². The zero-order chi connectivity index (χ0) is 33.6. The van der Waals surface area contributed by atoms with Crippen molar-refractivity contribution in [1.82, 2.24) is 42.5 Å². The first-order chi connectivity index (χ1) is 23.8. The lowest BCUT2D eigenvalue weighted by Crippen LogP contribution is -2.62. The van der Waals surface area contributed by atoms with Gasteiger partial charge in [-0.25, -0.2) is 0 Å². The molecule has 0 aromatic heterocycles. The minimum absolute atomic E-state index is 0.332. The van der Waals surface area contributed by atoms with Crippen LogP contribution in [0.2, 0.25) is 0 Å². The van der Waals surface area contributed by atoms with Gasteiger partial charge in [-0.2, -0.15) is 0 Å². The summed E-state index contributed by atoms with van der Waals surface area (Å²) in [6, 6.07) is 0. The smallest absolute Gasteiger partial charge is 0.0631 e. The maximum absolute atomic E-state index is 4.46. The Morgan fingerprint density at radius 1 is 0.327 bits per heavy atom.